The van der Waals surface area contributed by atoms with Gasteiger partial charge in [0.15, 0.2) is 12.4 Å². The number of ether oxygens (including phenoxy) is 1. The molecule has 0 unspecified atom stereocenters. The molecular weight excluding hydrogens is 416 g/mol. The molecule has 0 bridgehead atoms. The maximum absolute atomic E-state index is 12.0. The first-order chi connectivity index (χ1) is 13.9. The molecule has 1 aromatic heterocycles. The number of Topliss-reactive ketones (excluding diaryl/α,β-unsaturated/α-hetero) is 1. The Morgan fingerprint density at radius 2 is 2.00 bits per heavy atom. The minimum absolute atomic E-state index is 0.0107. The molecule has 3 rings (SSSR count). The number of rotatable bonds is 8. The molecule has 1 fully saturated rings. The topological polar surface area (TPSA) is 92.8 Å². The lowest BCUT2D eigenvalue weighted by atomic mass is 10.2. The number of halogens is 1. The largest absolute Gasteiger partial charge is 0.456 e. The van der Waals surface area contributed by atoms with E-state index >= 15 is 0 Å². The van der Waals surface area contributed by atoms with Gasteiger partial charge in [-0.1, -0.05) is 17.7 Å². The summed E-state index contributed by atoms with van der Waals surface area (Å²) in [6.45, 7) is 0.203. The van der Waals surface area contributed by atoms with Crippen molar-refractivity contribution in [1.29, 1.82) is 0 Å². The fraction of sp³-hybridized carbons (Fsp3) is 0.300. The van der Waals surface area contributed by atoms with E-state index in [0.29, 0.717) is 27.9 Å². The van der Waals surface area contributed by atoms with Crippen LogP contribution in [-0.2, 0) is 19.1 Å². The minimum Gasteiger partial charge on any atom is -0.456 e. The zero-order valence-corrected chi connectivity index (χ0v) is 17.1. The molecule has 0 atom stereocenters. The van der Waals surface area contributed by atoms with Gasteiger partial charge in [0.2, 0.25) is 5.91 Å². The number of ketones is 1. The fourth-order valence-corrected chi connectivity index (χ4v) is 3.90. The maximum atomic E-state index is 12.0. The number of hydrogen-bond donors (Lipinski definition) is 1. The summed E-state index contributed by atoms with van der Waals surface area (Å²) in [5.41, 5.74) is 1.22. The average molecular weight is 435 g/mol. The van der Waals surface area contributed by atoms with Crippen molar-refractivity contribution in [2.24, 2.45) is 0 Å². The third-order valence-corrected chi connectivity index (χ3v) is 5.56. The van der Waals surface area contributed by atoms with Crippen molar-refractivity contribution >= 4 is 57.9 Å². The number of esters is 1. The molecule has 152 valence electrons. The Morgan fingerprint density at radius 1 is 1.17 bits per heavy atom. The van der Waals surface area contributed by atoms with Crippen molar-refractivity contribution < 1.29 is 23.9 Å². The van der Waals surface area contributed by atoms with E-state index < -0.39 is 18.5 Å². The maximum Gasteiger partial charge on any atom is 0.306 e. The summed E-state index contributed by atoms with van der Waals surface area (Å²) in [5, 5.41) is 2.64. The highest BCUT2D eigenvalue weighted by atomic mass is 35.5. The lowest BCUT2D eigenvalue weighted by Crippen LogP contribution is -2.24. The minimum atomic E-state index is -0.632. The van der Waals surface area contributed by atoms with Gasteiger partial charge in [0.05, 0.1) is 15.6 Å². The molecule has 1 aliphatic rings. The van der Waals surface area contributed by atoms with Crippen molar-refractivity contribution in [2.75, 3.05) is 23.4 Å². The predicted molar refractivity (Wildman–Crippen MR) is 111 cm³/mol. The normalized spacial score (nSPS) is 13.4. The van der Waals surface area contributed by atoms with Crippen LogP contribution in [0.15, 0.2) is 36.4 Å². The van der Waals surface area contributed by atoms with Gasteiger partial charge in [-0.25, -0.2) is 0 Å². The number of nitrogens with zero attached hydrogens (tertiary/aromatic N) is 1. The molecule has 2 amide bonds. The van der Waals surface area contributed by atoms with Crippen LogP contribution >= 0.6 is 22.9 Å². The van der Waals surface area contributed by atoms with Gasteiger partial charge in [0.25, 0.3) is 5.91 Å². The van der Waals surface area contributed by atoms with E-state index in [-0.39, 0.29) is 24.5 Å². The second-order valence-corrected chi connectivity index (χ2v) is 8.15. The number of thiophene rings is 1. The van der Waals surface area contributed by atoms with E-state index in [1.165, 1.54) is 0 Å². The van der Waals surface area contributed by atoms with Gasteiger partial charge in [0.1, 0.15) is 0 Å². The Balaban J connectivity index is 1.43. The number of carbonyl (C=O) groups excluding carboxylic acids is 4. The van der Waals surface area contributed by atoms with Crippen molar-refractivity contribution in [1.82, 2.24) is 0 Å². The van der Waals surface area contributed by atoms with Crippen molar-refractivity contribution in [3.8, 4) is 0 Å². The van der Waals surface area contributed by atoms with E-state index in [9.17, 15) is 19.2 Å². The van der Waals surface area contributed by atoms with Gasteiger partial charge in [-0.05, 0) is 36.8 Å². The molecule has 1 saturated heterocycles. The summed E-state index contributed by atoms with van der Waals surface area (Å²) in [7, 11) is 0. The molecule has 1 aliphatic heterocycles. The van der Waals surface area contributed by atoms with Gasteiger partial charge < -0.3 is 15.0 Å². The number of hydrogen-bond acceptors (Lipinski definition) is 6. The first-order valence-corrected chi connectivity index (χ1v) is 10.3. The first kappa shape index (κ1) is 21.0. The smallest absolute Gasteiger partial charge is 0.306 e. The molecule has 2 aromatic rings. The highest BCUT2D eigenvalue weighted by molar-refractivity contribution is 7.18. The van der Waals surface area contributed by atoms with Crippen LogP contribution in [0.4, 0.5) is 11.4 Å². The molecule has 2 heterocycles. The van der Waals surface area contributed by atoms with Crippen LogP contribution in [0.2, 0.25) is 4.34 Å². The van der Waals surface area contributed by atoms with Gasteiger partial charge in [-0.2, -0.15) is 0 Å². The second kappa shape index (κ2) is 9.67. The molecule has 0 radical (unpaired) electrons. The Labute approximate surface area is 176 Å². The summed E-state index contributed by atoms with van der Waals surface area (Å²) in [6.07, 6.45) is 1.21. The summed E-state index contributed by atoms with van der Waals surface area (Å²) in [6, 6.07) is 10.2. The Bertz CT molecular complexity index is 942. The molecule has 9 heteroatoms. The van der Waals surface area contributed by atoms with Gasteiger partial charge in [0, 0.05) is 30.8 Å². The van der Waals surface area contributed by atoms with Crippen LogP contribution < -0.4 is 10.2 Å². The lowest BCUT2D eigenvalue weighted by molar-refractivity contribution is -0.147. The van der Waals surface area contributed by atoms with E-state index in [2.05, 4.69) is 5.32 Å². The van der Waals surface area contributed by atoms with Gasteiger partial charge in [-0.3, -0.25) is 19.2 Å². The summed E-state index contributed by atoms with van der Waals surface area (Å²) in [4.78, 5) is 49.7. The second-order valence-electron chi connectivity index (χ2n) is 6.44. The number of carbonyl (C=O) groups is 4. The Morgan fingerprint density at radius 3 is 2.69 bits per heavy atom. The highest BCUT2D eigenvalue weighted by Gasteiger charge is 2.22. The summed E-state index contributed by atoms with van der Waals surface area (Å²) in [5.74, 6) is -1.27. The van der Waals surface area contributed by atoms with E-state index in [1.54, 1.807) is 41.3 Å². The van der Waals surface area contributed by atoms with Gasteiger partial charge >= 0.3 is 5.97 Å². The molecule has 0 aliphatic carbocycles. The number of benzene rings is 1. The summed E-state index contributed by atoms with van der Waals surface area (Å²) < 4.78 is 5.43. The number of nitrogens with one attached hydrogen (secondary N) is 1. The first-order valence-electron chi connectivity index (χ1n) is 9.07. The van der Waals surface area contributed by atoms with Crippen molar-refractivity contribution in [2.45, 2.75) is 25.7 Å². The molecule has 7 nitrogen and oxygen atoms in total. The predicted octanol–water partition coefficient (Wildman–Crippen LogP) is 3.67. The summed E-state index contributed by atoms with van der Waals surface area (Å²) >= 11 is 6.94. The third-order valence-electron chi connectivity index (χ3n) is 4.28. The quantitative estimate of drug-likeness (QED) is 0.505. The molecule has 29 heavy (non-hydrogen) atoms. The van der Waals surface area contributed by atoms with Crippen LogP contribution in [-0.4, -0.2) is 36.7 Å². The molecule has 1 aromatic carbocycles. The van der Waals surface area contributed by atoms with Crippen molar-refractivity contribution in [3.05, 3.63) is 45.6 Å². The molecule has 1 N–H and O–H groups in total. The monoisotopic (exact) mass is 434 g/mol. The fourth-order valence-electron chi connectivity index (χ4n) is 2.89. The van der Waals surface area contributed by atoms with Crippen molar-refractivity contribution in [3.63, 3.8) is 0 Å². The zero-order chi connectivity index (χ0) is 20.8. The van der Waals surface area contributed by atoms with Crippen LogP contribution in [0.5, 0.6) is 0 Å². The third kappa shape index (κ3) is 5.88. The average Bonchev–Trinajstić information content (AvgIpc) is 3.33. The number of anilines is 2. The zero-order valence-electron chi connectivity index (χ0n) is 15.5. The van der Waals surface area contributed by atoms with Crippen LogP contribution in [0.1, 0.15) is 35.4 Å². The Hall–Kier alpha value is -2.71. The number of amides is 2. The van der Waals surface area contributed by atoms with Gasteiger partial charge in [-0.15, -0.1) is 11.3 Å². The SMILES string of the molecule is O=C(COC(=O)CCC(=O)c1ccc(Cl)s1)Nc1cccc(N2CCCC2=O)c1. The van der Waals surface area contributed by atoms with E-state index in [0.717, 1.165) is 23.4 Å². The molecule has 0 spiro atoms. The Kier molecular flexibility index (Phi) is 7.00. The van der Waals surface area contributed by atoms with Crippen LogP contribution in [0, 0.1) is 0 Å². The molecular formula is C20H19ClN2O5S. The van der Waals surface area contributed by atoms with E-state index in [1.807, 2.05) is 0 Å². The van der Waals surface area contributed by atoms with Crippen LogP contribution in [0.3, 0.4) is 0 Å². The lowest BCUT2D eigenvalue weighted by Gasteiger charge is -2.16. The molecule has 0 saturated carbocycles. The van der Waals surface area contributed by atoms with Crippen LogP contribution in [0.25, 0.3) is 0 Å². The highest BCUT2D eigenvalue weighted by Crippen LogP contribution is 2.24. The standard InChI is InChI=1S/C20H19ClN2O5S/c21-17-8-7-16(29-17)15(24)6-9-20(27)28-12-18(25)22-13-3-1-4-14(11-13)23-10-2-5-19(23)26/h1,3-4,7-8,11H,2,5-6,9-10,12H2,(H,22,25). The van der Waals surface area contributed by atoms with E-state index in [4.69, 9.17) is 16.3 Å².